The highest BCUT2D eigenvalue weighted by Crippen LogP contribution is 2.26. The lowest BCUT2D eigenvalue weighted by molar-refractivity contribution is -0.139. The fourth-order valence-corrected chi connectivity index (χ4v) is 5.78. The summed E-state index contributed by atoms with van der Waals surface area (Å²) < 4.78 is 29.4. The van der Waals surface area contributed by atoms with E-state index in [9.17, 15) is 18.0 Å². The van der Waals surface area contributed by atoms with Crippen molar-refractivity contribution in [1.29, 1.82) is 0 Å². The predicted octanol–water partition coefficient (Wildman–Crippen LogP) is 4.93. The highest BCUT2D eigenvalue weighted by Gasteiger charge is 2.32. The molecule has 2 amide bonds. The summed E-state index contributed by atoms with van der Waals surface area (Å²) in [6.45, 7) is 5.40. The SMILES string of the molecule is CNC(=O)[C@@H](C)N(Cc1cccc(Br)c1)C(=O)CN(c1ccc(C(C)C)cc1)S(=O)(=O)c1ccccc1. The van der Waals surface area contributed by atoms with Crippen molar-refractivity contribution in [2.75, 3.05) is 17.9 Å². The molecule has 1 N–H and O–H groups in total. The Balaban J connectivity index is 2.03. The van der Waals surface area contributed by atoms with E-state index in [4.69, 9.17) is 0 Å². The maximum absolute atomic E-state index is 13.8. The van der Waals surface area contributed by atoms with Gasteiger partial charge in [-0.2, -0.15) is 0 Å². The lowest BCUT2D eigenvalue weighted by Crippen LogP contribution is -2.50. The number of anilines is 1. The number of benzene rings is 3. The van der Waals surface area contributed by atoms with Crippen molar-refractivity contribution in [2.24, 2.45) is 0 Å². The first-order valence-corrected chi connectivity index (χ1v) is 14.2. The van der Waals surface area contributed by atoms with E-state index in [0.717, 1.165) is 19.9 Å². The molecule has 0 saturated heterocycles. The van der Waals surface area contributed by atoms with Gasteiger partial charge in [-0.15, -0.1) is 0 Å². The van der Waals surface area contributed by atoms with E-state index >= 15 is 0 Å². The Hall–Kier alpha value is -3.17. The summed E-state index contributed by atoms with van der Waals surface area (Å²) in [4.78, 5) is 27.8. The molecule has 0 spiro atoms. The van der Waals surface area contributed by atoms with Crippen molar-refractivity contribution in [3.63, 3.8) is 0 Å². The second-order valence-corrected chi connectivity index (χ2v) is 11.8. The second-order valence-electron chi connectivity index (χ2n) is 9.01. The monoisotopic (exact) mass is 585 g/mol. The summed E-state index contributed by atoms with van der Waals surface area (Å²) in [5.74, 6) is -0.574. The fraction of sp³-hybridized carbons (Fsp3) is 0.286. The predicted molar refractivity (Wildman–Crippen MR) is 150 cm³/mol. The number of carbonyl (C=O) groups excluding carboxylic acids is 2. The average molecular weight is 587 g/mol. The zero-order valence-corrected chi connectivity index (χ0v) is 23.8. The van der Waals surface area contributed by atoms with Gasteiger partial charge in [-0.3, -0.25) is 13.9 Å². The molecule has 0 aliphatic carbocycles. The number of likely N-dealkylation sites (N-methyl/N-ethyl adjacent to an activating group) is 1. The summed E-state index contributed by atoms with van der Waals surface area (Å²) in [6.07, 6.45) is 0. The van der Waals surface area contributed by atoms with Gasteiger partial charge in [0.25, 0.3) is 10.0 Å². The van der Waals surface area contributed by atoms with Crippen molar-refractivity contribution < 1.29 is 18.0 Å². The fourth-order valence-electron chi connectivity index (χ4n) is 3.90. The van der Waals surface area contributed by atoms with E-state index < -0.39 is 28.5 Å². The summed E-state index contributed by atoms with van der Waals surface area (Å²) >= 11 is 3.44. The molecule has 0 aromatic heterocycles. The van der Waals surface area contributed by atoms with Gasteiger partial charge in [0.15, 0.2) is 0 Å². The molecule has 7 nitrogen and oxygen atoms in total. The molecule has 0 aliphatic rings. The third-order valence-electron chi connectivity index (χ3n) is 6.11. The van der Waals surface area contributed by atoms with Gasteiger partial charge < -0.3 is 10.2 Å². The first-order chi connectivity index (χ1) is 17.5. The van der Waals surface area contributed by atoms with Gasteiger partial charge in [-0.25, -0.2) is 8.42 Å². The molecule has 0 fully saturated rings. The van der Waals surface area contributed by atoms with E-state index in [1.807, 2.05) is 36.4 Å². The molecule has 196 valence electrons. The Labute approximate surface area is 227 Å². The molecule has 1 atom stereocenters. The molecule has 0 unspecified atom stereocenters. The minimum Gasteiger partial charge on any atom is -0.357 e. The smallest absolute Gasteiger partial charge is 0.264 e. The van der Waals surface area contributed by atoms with Crippen LogP contribution in [0.1, 0.15) is 37.8 Å². The maximum atomic E-state index is 13.8. The minimum atomic E-state index is -4.07. The number of hydrogen-bond acceptors (Lipinski definition) is 4. The van der Waals surface area contributed by atoms with Gasteiger partial charge in [0.05, 0.1) is 10.6 Å². The van der Waals surface area contributed by atoms with Crippen LogP contribution in [-0.2, 0) is 26.2 Å². The van der Waals surface area contributed by atoms with Crippen LogP contribution in [0, 0.1) is 0 Å². The zero-order chi connectivity index (χ0) is 27.2. The third kappa shape index (κ3) is 6.99. The summed E-state index contributed by atoms with van der Waals surface area (Å²) in [5, 5.41) is 2.58. The molecule has 3 aromatic rings. The third-order valence-corrected chi connectivity index (χ3v) is 8.39. The highest BCUT2D eigenvalue weighted by atomic mass is 79.9. The lowest BCUT2D eigenvalue weighted by atomic mass is 10.0. The van der Waals surface area contributed by atoms with Gasteiger partial charge in [-0.05, 0) is 60.4 Å². The Kier molecular flexibility index (Phi) is 9.50. The largest absolute Gasteiger partial charge is 0.357 e. The van der Waals surface area contributed by atoms with Crippen molar-refractivity contribution in [2.45, 2.75) is 44.2 Å². The van der Waals surface area contributed by atoms with Crippen LogP contribution in [0.25, 0.3) is 0 Å². The molecular formula is C28H32BrN3O4S. The van der Waals surface area contributed by atoms with Gasteiger partial charge in [0.1, 0.15) is 12.6 Å². The van der Waals surface area contributed by atoms with Crippen molar-refractivity contribution >= 4 is 43.5 Å². The first-order valence-electron chi connectivity index (χ1n) is 12.0. The van der Waals surface area contributed by atoms with Crippen LogP contribution >= 0.6 is 15.9 Å². The maximum Gasteiger partial charge on any atom is 0.264 e. The molecule has 0 bridgehead atoms. The normalized spacial score (nSPS) is 12.2. The molecule has 0 heterocycles. The van der Waals surface area contributed by atoms with Crippen LogP contribution in [0.2, 0.25) is 0 Å². The van der Waals surface area contributed by atoms with Crippen LogP contribution in [0.4, 0.5) is 5.69 Å². The number of sulfonamides is 1. The number of rotatable bonds is 10. The van der Waals surface area contributed by atoms with Crippen LogP contribution in [0.15, 0.2) is 88.2 Å². The second kappa shape index (κ2) is 12.4. The van der Waals surface area contributed by atoms with E-state index in [2.05, 4.69) is 35.1 Å². The van der Waals surface area contributed by atoms with Gasteiger partial charge >= 0.3 is 0 Å². The zero-order valence-electron chi connectivity index (χ0n) is 21.4. The van der Waals surface area contributed by atoms with Gasteiger partial charge in [0.2, 0.25) is 11.8 Å². The van der Waals surface area contributed by atoms with E-state index in [-0.39, 0.29) is 23.3 Å². The van der Waals surface area contributed by atoms with E-state index in [1.54, 1.807) is 37.3 Å². The number of hydrogen-bond donors (Lipinski definition) is 1. The van der Waals surface area contributed by atoms with Gasteiger partial charge in [0, 0.05) is 18.1 Å². The minimum absolute atomic E-state index is 0.0774. The quantitative estimate of drug-likeness (QED) is 0.365. The number of halogens is 1. The number of carbonyl (C=O) groups is 2. The topological polar surface area (TPSA) is 86.8 Å². The highest BCUT2D eigenvalue weighted by molar-refractivity contribution is 9.10. The standard InChI is InChI=1S/C28H32BrN3O4S/c1-20(2)23-13-15-25(16-14-23)32(37(35,36)26-11-6-5-7-12-26)19-27(33)31(21(3)28(34)30-4)18-22-9-8-10-24(29)17-22/h5-17,20-21H,18-19H2,1-4H3,(H,30,34)/t21-/m1/s1. The summed E-state index contributed by atoms with van der Waals surface area (Å²) in [6, 6.07) is 21.8. The van der Waals surface area contributed by atoms with E-state index in [0.29, 0.717) is 5.69 Å². The molecule has 3 rings (SSSR count). The van der Waals surface area contributed by atoms with Crippen LogP contribution in [0.3, 0.4) is 0 Å². The van der Waals surface area contributed by atoms with Crippen molar-refractivity contribution in [1.82, 2.24) is 10.2 Å². The van der Waals surface area contributed by atoms with Crippen molar-refractivity contribution in [3.05, 3.63) is 94.5 Å². The molecular weight excluding hydrogens is 554 g/mol. The molecule has 0 radical (unpaired) electrons. The Morgan fingerprint density at radius 3 is 2.14 bits per heavy atom. The molecule has 0 aliphatic heterocycles. The van der Waals surface area contributed by atoms with E-state index in [1.165, 1.54) is 24.1 Å². The van der Waals surface area contributed by atoms with Crippen molar-refractivity contribution in [3.8, 4) is 0 Å². The number of nitrogens with zero attached hydrogens (tertiary/aromatic N) is 2. The average Bonchev–Trinajstić information content (AvgIpc) is 2.89. The van der Waals surface area contributed by atoms with Crippen LogP contribution in [0.5, 0.6) is 0 Å². The first kappa shape index (κ1) is 28.4. The molecule has 37 heavy (non-hydrogen) atoms. The van der Waals surface area contributed by atoms with Crippen LogP contribution < -0.4 is 9.62 Å². The Morgan fingerprint density at radius 1 is 0.919 bits per heavy atom. The molecule has 0 saturated carbocycles. The summed E-state index contributed by atoms with van der Waals surface area (Å²) in [5.41, 5.74) is 2.23. The number of amides is 2. The lowest BCUT2D eigenvalue weighted by Gasteiger charge is -2.32. The Morgan fingerprint density at radius 2 is 1.57 bits per heavy atom. The Bertz CT molecular complexity index is 1330. The van der Waals surface area contributed by atoms with Crippen LogP contribution in [-0.4, -0.2) is 44.8 Å². The molecule has 9 heteroatoms. The molecule has 3 aromatic carbocycles. The van der Waals surface area contributed by atoms with Gasteiger partial charge in [-0.1, -0.05) is 72.2 Å². The summed E-state index contributed by atoms with van der Waals surface area (Å²) in [7, 11) is -2.57. The number of nitrogens with one attached hydrogen (secondary N) is 1.